The number of carbonyl (C=O) groups is 1. The number of benzene rings is 1. The van der Waals surface area contributed by atoms with Crippen molar-refractivity contribution in [2.45, 2.75) is 26.7 Å². The Kier molecular flexibility index (Phi) is 7.29. The first-order valence-corrected chi connectivity index (χ1v) is 7.41. The van der Waals surface area contributed by atoms with Gasteiger partial charge in [0.15, 0.2) is 0 Å². The first-order valence-electron chi connectivity index (χ1n) is 6.47. The van der Waals surface area contributed by atoms with E-state index in [-0.39, 0.29) is 0 Å². The van der Waals surface area contributed by atoms with E-state index in [9.17, 15) is 0 Å². The number of rotatable bonds is 4. The van der Waals surface area contributed by atoms with Gasteiger partial charge in [0.2, 0.25) is 0 Å². The lowest BCUT2D eigenvalue weighted by atomic mass is 10.0. The van der Waals surface area contributed by atoms with Gasteiger partial charge in [-0.05, 0) is 23.6 Å². The van der Waals surface area contributed by atoms with Crippen molar-refractivity contribution in [3.8, 4) is 0 Å². The second kappa shape index (κ2) is 9.04. The van der Waals surface area contributed by atoms with E-state index in [2.05, 4.69) is 47.6 Å². The van der Waals surface area contributed by atoms with Gasteiger partial charge in [-0.25, -0.2) is 4.98 Å². The second-order valence-electron chi connectivity index (χ2n) is 4.22. The molecule has 106 valence electrons. The Morgan fingerprint density at radius 2 is 2.00 bits per heavy atom. The zero-order valence-electron chi connectivity index (χ0n) is 11.7. The fourth-order valence-corrected chi connectivity index (χ4v) is 2.24. The molecule has 0 saturated carbocycles. The summed E-state index contributed by atoms with van der Waals surface area (Å²) in [5.74, 6) is -0.833. The molecular formula is C16H19NO2S. The molecule has 0 saturated heterocycles. The van der Waals surface area contributed by atoms with Crippen LogP contribution in [-0.4, -0.2) is 16.1 Å². The number of carboxylic acids is 1. The fourth-order valence-electron chi connectivity index (χ4n) is 1.67. The maximum absolute atomic E-state index is 9.00. The molecular weight excluding hydrogens is 270 g/mol. The summed E-state index contributed by atoms with van der Waals surface area (Å²) < 4.78 is 0. The predicted molar refractivity (Wildman–Crippen MR) is 84.6 cm³/mol. The average molecular weight is 289 g/mol. The molecule has 2 aromatic rings. The largest absolute Gasteiger partial charge is 0.481 e. The predicted octanol–water partition coefficient (Wildman–Crippen LogP) is 4.57. The number of hydrogen-bond acceptors (Lipinski definition) is 3. The van der Waals surface area contributed by atoms with E-state index in [1.807, 2.05) is 11.6 Å². The van der Waals surface area contributed by atoms with Gasteiger partial charge in [-0.3, -0.25) is 4.79 Å². The monoisotopic (exact) mass is 289 g/mol. The number of aromatic nitrogens is 1. The average Bonchev–Trinajstić information content (AvgIpc) is 2.92. The van der Waals surface area contributed by atoms with Crippen molar-refractivity contribution in [1.82, 2.24) is 4.98 Å². The smallest absolute Gasteiger partial charge is 0.300 e. The molecule has 1 heterocycles. The highest BCUT2D eigenvalue weighted by molar-refractivity contribution is 7.07. The van der Waals surface area contributed by atoms with E-state index in [1.165, 1.54) is 11.1 Å². The van der Waals surface area contributed by atoms with Crippen LogP contribution in [0.1, 0.15) is 37.9 Å². The molecule has 0 aliphatic heterocycles. The summed E-state index contributed by atoms with van der Waals surface area (Å²) in [5.41, 5.74) is 5.59. The third kappa shape index (κ3) is 6.29. The maximum atomic E-state index is 9.00. The van der Waals surface area contributed by atoms with Gasteiger partial charge in [0.1, 0.15) is 0 Å². The van der Waals surface area contributed by atoms with Crippen LogP contribution in [0.5, 0.6) is 0 Å². The zero-order chi connectivity index (χ0) is 14.8. The minimum Gasteiger partial charge on any atom is -0.481 e. The van der Waals surface area contributed by atoms with Crippen molar-refractivity contribution in [3.05, 3.63) is 52.5 Å². The Labute approximate surface area is 123 Å². The lowest BCUT2D eigenvalue weighted by Gasteiger charge is -2.02. The first kappa shape index (κ1) is 16.1. The van der Waals surface area contributed by atoms with Gasteiger partial charge in [0.05, 0.1) is 11.2 Å². The highest BCUT2D eigenvalue weighted by Crippen LogP contribution is 2.22. The third-order valence-electron chi connectivity index (χ3n) is 2.42. The Morgan fingerprint density at radius 1 is 1.35 bits per heavy atom. The number of thiazole rings is 1. The van der Waals surface area contributed by atoms with Gasteiger partial charge < -0.3 is 5.11 Å². The summed E-state index contributed by atoms with van der Waals surface area (Å²) >= 11 is 1.65. The summed E-state index contributed by atoms with van der Waals surface area (Å²) in [7, 11) is 0. The van der Waals surface area contributed by atoms with Crippen LogP contribution in [-0.2, 0) is 4.79 Å². The second-order valence-corrected chi connectivity index (χ2v) is 4.94. The molecule has 1 aromatic carbocycles. The van der Waals surface area contributed by atoms with Gasteiger partial charge in [-0.15, -0.1) is 11.3 Å². The normalized spacial score (nSPS) is 10.6. The summed E-state index contributed by atoms with van der Waals surface area (Å²) in [5, 5.41) is 9.53. The number of hydrogen-bond donors (Lipinski definition) is 1. The van der Waals surface area contributed by atoms with Crippen molar-refractivity contribution in [2.24, 2.45) is 0 Å². The van der Waals surface area contributed by atoms with Gasteiger partial charge >= 0.3 is 0 Å². The summed E-state index contributed by atoms with van der Waals surface area (Å²) in [6.07, 6.45) is 4.47. The van der Waals surface area contributed by atoms with Crippen LogP contribution in [0.25, 0.3) is 11.6 Å². The Morgan fingerprint density at radius 3 is 2.50 bits per heavy atom. The van der Waals surface area contributed by atoms with Crippen LogP contribution < -0.4 is 0 Å². The molecule has 0 aliphatic rings. The van der Waals surface area contributed by atoms with Crippen molar-refractivity contribution in [3.63, 3.8) is 0 Å². The molecule has 0 fully saturated rings. The lowest BCUT2D eigenvalue weighted by Crippen LogP contribution is -1.84. The van der Waals surface area contributed by atoms with E-state index >= 15 is 0 Å². The van der Waals surface area contributed by atoms with Gasteiger partial charge in [0.25, 0.3) is 5.97 Å². The quantitative estimate of drug-likeness (QED) is 0.896. The van der Waals surface area contributed by atoms with Gasteiger partial charge in [-0.1, -0.05) is 43.7 Å². The Bertz CT molecular complexity index is 529. The van der Waals surface area contributed by atoms with Crippen molar-refractivity contribution < 1.29 is 9.90 Å². The third-order valence-corrected chi connectivity index (χ3v) is 3.01. The standard InChI is InChI=1S/C14H15NS.C2H4O2/c1-2-6-13(14-10-16-11-15-14)9-12-7-4-3-5-8-12;1-2(3)4/h3-5,7-11H,2,6H2,1H3;1H3,(H,3,4). The molecule has 0 radical (unpaired) electrons. The minimum absolute atomic E-state index is 0.833. The highest BCUT2D eigenvalue weighted by Gasteiger charge is 2.02. The number of allylic oxidation sites excluding steroid dienone is 1. The molecule has 0 spiro atoms. The molecule has 1 N–H and O–H groups in total. The van der Waals surface area contributed by atoms with E-state index in [1.54, 1.807) is 11.3 Å². The molecule has 0 bridgehead atoms. The molecule has 20 heavy (non-hydrogen) atoms. The van der Waals surface area contributed by atoms with Crippen molar-refractivity contribution in [2.75, 3.05) is 0 Å². The molecule has 0 unspecified atom stereocenters. The number of carboxylic acid groups (broad SMARTS) is 1. The first-order chi connectivity index (χ1) is 9.63. The van der Waals surface area contributed by atoms with E-state index < -0.39 is 5.97 Å². The summed E-state index contributed by atoms with van der Waals surface area (Å²) in [4.78, 5) is 13.4. The van der Waals surface area contributed by atoms with Crippen LogP contribution >= 0.6 is 11.3 Å². The van der Waals surface area contributed by atoms with Gasteiger partial charge in [-0.2, -0.15) is 0 Å². The molecule has 4 heteroatoms. The molecule has 1 aromatic heterocycles. The Balaban J connectivity index is 0.000000444. The van der Waals surface area contributed by atoms with E-state index in [0.29, 0.717) is 0 Å². The van der Waals surface area contributed by atoms with Gasteiger partial charge in [0, 0.05) is 12.3 Å². The number of aliphatic carboxylic acids is 1. The highest BCUT2D eigenvalue weighted by atomic mass is 32.1. The van der Waals surface area contributed by atoms with Crippen LogP contribution in [0.4, 0.5) is 0 Å². The molecule has 0 atom stereocenters. The van der Waals surface area contributed by atoms with Crippen LogP contribution in [0, 0.1) is 0 Å². The zero-order valence-corrected chi connectivity index (χ0v) is 12.6. The van der Waals surface area contributed by atoms with Crippen LogP contribution in [0.3, 0.4) is 0 Å². The van der Waals surface area contributed by atoms with E-state index in [0.717, 1.165) is 25.5 Å². The maximum Gasteiger partial charge on any atom is 0.300 e. The fraction of sp³-hybridized carbons (Fsp3) is 0.250. The molecule has 3 nitrogen and oxygen atoms in total. The van der Waals surface area contributed by atoms with Crippen molar-refractivity contribution in [1.29, 1.82) is 0 Å². The van der Waals surface area contributed by atoms with Crippen LogP contribution in [0.15, 0.2) is 41.2 Å². The summed E-state index contributed by atoms with van der Waals surface area (Å²) in [6, 6.07) is 10.4. The van der Waals surface area contributed by atoms with E-state index in [4.69, 9.17) is 9.90 Å². The summed E-state index contributed by atoms with van der Waals surface area (Å²) in [6.45, 7) is 3.28. The number of nitrogens with zero attached hydrogens (tertiary/aromatic N) is 1. The lowest BCUT2D eigenvalue weighted by molar-refractivity contribution is -0.134. The molecule has 0 aliphatic carbocycles. The minimum atomic E-state index is -0.833. The van der Waals surface area contributed by atoms with Crippen molar-refractivity contribution >= 4 is 29.0 Å². The Hall–Kier alpha value is -1.94. The SMILES string of the molecule is CC(=O)O.CCCC(=Cc1ccccc1)c1cscn1. The van der Waals surface area contributed by atoms with Crippen LogP contribution in [0.2, 0.25) is 0 Å². The topological polar surface area (TPSA) is 50.2 Å². The molecule has 0 amide bonds. The molecule has 2 rings (SSSR count).